The minimum absolute atomic E-state index is 0.436. The van der Waals surface area contributed by atoms with Gasteiger partial charge in [0, 0.05) is 11.1 Å². The molecule has 1 atom stereocenters. The van der Waals surface area contributed by atoms with Gasteiger partial charge in [0.05, 0.1) is 19.8 Å². The second-order valence-electron chi connectivity index (χ2n) is 3.16. The van der Waals surface area contributed by atoms with Crippen LogP contribution in [0.25, 0.3) is 0 Å². The number of methoxy groups -OCH3 is 1. The molecule has 1 unspecified atom stereocenters. The van der Waals surface area contributed by atoms with Crippen LogP contribution in [0.2, 0.25) is 0 Å². The number of hydrogen-bond acceptors (Lipinski definition) is 3. The first-order valence-electron chi connectivity index (χ1n) is 4.54. The normalized spacial score (nSPS) is 19.6. The molecule has 0 saturated carbocycles. The van der Waals surface area contributed by atoms with Crippen LogP contribution in [0.4, 0.5) is 0 Å². The number of fused-ring (bicyclic) bond motifs is 1. The lowest BCUT2D eigenvalue weighted by Crippen LogP contribution is -2.15. The van der Waals surface area contributed by atoms with Crippen LogP contribution < -0.4 is 4.74 Å². The number of benzene rings is 1. The van der Waals surface area contributed by atoms with Crippen LogP contribution in [0.15, 0.2) is 18.2 Å². The lowest BCUT2D eigenvalue weighted by molar-refractivity contribution is 0.0790. The van der Waals surface area contributed by atoms with E-state index in [2.05, 4.69) is 6.07 Å². The Balaban J connectivity index is 2.50. The van der Waals surface area contributed by atoms with Gasteiger partial charge in [-0.25, -0.2) is 0 Å². The van der Waals surface area contributed by atoms with E-state index in [-0.39, 0.29) is 0 Å². The average Bonchev–Trinajstić information content (AvgIpc) is 2.27. The topological polar surface area (TPSA) is 42.2 Å². The molecule has 0 radical (unpaired) electrons. The van der Waals surface area contributed by atoms with Crippen molar-refractivity contribution in [3.8, 4) is 11.8 Å². The molecule has 0 spiro atoms. The summed E-state index contributed by atoms with van der Waals surface area (Å²) in [5.74, 6) is 0.853. The van der Waals surface area contributed by atoms with Crippen molar-refractivity contribution in [2.24, 2.45) is 0 Å². The number of rotatable bonds is 1. The minimum atomic E-state index is -0.436. The summed E-state index contributed by atoms with van der Waals surface area (Å²) in [5, 5.41) is 8.89. The van der Waals surface area contributed by atoms with Gasteiger partial charge >= 0.3 is 0 Å². The quantitative estimate of drug-likeness (QED) is 0.676. The van der Waals surface area contributed by atoms with E-state index in [9.17, 15) is 0 Å². The molecule has 1 aromatic carbocycles. The van der Waals surface area contributed by atoms with Crippen LogP contribution in [-0.2, 0) is 11.2 Å². The van der Waals surface area contributed by atoms with E-state index < -0.39 is 6.10 Å². The minimum Gasteiger partial charge on any atom is -0.496 e. The van der Waals surface area contributed by atoms with Crippen LogP contribution >= 0.6 is 0 Å². The van der Waals surface area contributed by atoms with E-state index in [1.54, 1.807) is 7.11 Å². The van der Waals surface area contributed by atoms with Gasteiger partial charge in [-0.3, -0.25) is 0 Å². The van der Waals surface area contributed by atoms with Crippen molar-refractivity contribution in [3.63, 3.8) is 0 Å². The molecule has 2 rings (SSSR count). The highest BCUT2D eigenvalue weighted by atomic mass is 16.5. The summed E-state index contributed by atoms with van der Waals surface area (Å²) in [6, 6.07) is 7.86. The van der Waals surface area contributed by atoms with Crippen LogP contribution in [0.3, 0.4) is 0 Å². The van der Waals surface area contributed by atoms with Gasteiger partial charge in [-0.15, -0.1) is 0 Å². The van der Waals surface area contributed by atoms with Crippen molar-refractivity contribution in [1.82, 2.24) is 0 Å². The SMILES string of the molecule is COc1cccc2c1CCOC2C#N. The molecule has 1 aliphatic heterocycles. The van der Waals surface area contributed by atoms with Crippen LogP contribution in [0.5, 0.6) is 5.75 Å². The predicted molar refractivity (Wildman–Crippen MR) is 51.0 cm³/mol. The highest BCUT2D eigenvalue weighted by molar-refractivity contribution is 5.44. The third-order valence-corrected chi connectivity index (χ3v) is 2.43. The Hall–Kier alpha value is -1.53. The van der Waals surface area contributed by atoms with Crippen LogP contribution in [0.1, 0.15) is 17.2 Å². The maximum absolute atomic E-state index is 8.89. The molecule has 0 bridgehead atoms. The van der Waals surface area contributed by atoms with Gasteiger partial charge in [0.25, 0.3) is 0 Å². The van der Waals surface area contributed by atoms with Gasteiger partial charge < -0.3 is 9.47 Å². The Bertz CT molecular complexity index is 381. The van der Waals surface area contributed by atoms with E-state index in [1.165, 1.54) is 0 Å². The fourth-order valence-electron chi connectivity index (χ4n) is 1.76. The first-order chi connectivity index (χ1) is 6.86. The average molecular weight is 189 g/mol. The van der Waals surface area contributed by atoms with Gasteiger partial charge in [-0.1, -0.05) is 12.1 Å². The standard InChI is InChI=1S/C11H11NO2/c1-13-10-4-2-3-8-9(10)5-6-14-11(8)7-12/h2-4,11H,5-6H2,1H3. The summed E-state index contributed by atoms with van der Waals surface area (Å²) < 4.78 is 10.6. The Morgan fingerprint density at radius 3 is 3.14 bits per heavy atom. The lowest BCUT2D eigenvalue weighted by atomic mass is 9.97. The molecule has 0 aliphatic carbocycles. The molecule has 0 N–H and O–H groups in total. The maximum atomic E-state index is 8.89. The molecule has 0 aromatic heterocycles. The van der Waals surface area contributed by atoms with Crippen molar-refractivity contribution in [3.05, 3.63) is 29.3 Å². The van der Waals surface area contributed by atoms with Crippen LogP contribution in [-0.4, -0.2) is 13.7 Å². The van der Waals surface area contributed by atoms with E-state index >= 15 is 0 Å². The van der Waals surface area contributed by atoms with Gasteiger partial charge in [0.2, 0.25) is 0 Å². The van der Waals surface area contributed by atoms with E-state index in [0.717, 1.165) is 23.3 Å². The number of nitrogens with zero attached hydrogens (tertiary/aromatic N) is 1. The van der Waals surface area contributed by atoms with E-state index in [0.29, 0.717) is 6.61 Å². The van der Waals surface area contributed by atoms with E-state index in [1.807, 2.05) is 18.2 Å². The maximum Gasteiger partial charge on any atom is 0.169 e. The Labute approximate surface area is 82.9 Å². The summed E-state index contributed by atoms with van der Waals surface area (Å²) in [5.41, 5.74) is 2.05. The van der Waals surface area contributed by atoms with Crippen molar-refractivity contribution < 1.29 is 9.47 Å². The molecular formula is C11H11NO2. The summed E-state index contributed by atoms with van der Waals surface area (Å²) in [6.07, 6.45) is 0.381. The van der Waals surface area contributed by atoms with Crippen molar-refractivity contribution in [2.75, 3.05) is 13.7 Å². The van der Waals surface area contributed by atoms with Gasteiger partial charge in [-0.05, 0) is 12.5 Å². The molecule has 1 aromatic rings. The summed E-state index contributed by atoms with van der Waals surface area (Å²) in [7, 11) is 1.65. The molecule has 72 valence electrons. The Morgan fingerprint density at radius 1 is 1.57 bits per heavy atom. The highest BCUT2D eigenvalue weighted by Gasteiger charge is 2.22. The first kappa shape index (κ1) is 9.04. The van der Waals surface area contributed by atoms with Crippen molar-refractivity contribution in [1.29, 1.82) is 5.26 Å². The fourth-order valence-corrected chi connectivity index (χ4v) is 1.76. The number of nitriles is 1. The number of ether oxygens (including phenoxy) is 2. The van der Waals surface area contributed by atoms with Gasteiger partial charge in [0.1, 0.15) is 5.75 Å². The zero-order valence-corrected chi connectivity index (χ0v) is 7.99. The second-order valence-corrected chi connectivity index (χ2v) is 3.16. The molecular weight excluding hydrogens is 178 g/mol. The Morgan fingerprint density at radius 2 is 2.43 bits per heavy atom. The molecule has 0 amide bonds. The van der Waals surface area contributed by atoms with Crippen molar-refractivity contribution >= 4 is 0 Å². The Kier molecular flexibility index (Phi) is 2.38. The first-order valence-corrected chi connectivity index (χ1v) is 4.54. The molecule has 0 fully saturated rings. The summed E-state index contributed by atoms with van der Waals surface area (Å²) in [6.45, 7) is 0.589. The van der Waals surface area contributed by atoms with Gasteiger partial charge in [-0.2, -0.15) is 5.26 Å². The smallest absolute Gasteiger partial charge is 0.169 e. The van der Waals surface area contributed by atoms with Gasteiger partial charge in [0.15, 0.2) is 6.10 Å². The second kappa shape index (κ2) is 3.69. The molecule has 14 heavy (non-hydrogen) atoms. The van der Waals surface area contributed by atoms with E-state index in [4.69, 9.17) is 14.7 Å². The molecule has 3 nitrogen and oxygen atoms in total. The molecule has 1 aliphatic rings. The molecule has 0 saturated heterocycles. The summed E-state index contributed by atoms with van der Waals surface area (Å²) >= 11 is 0. The zero-order valence-electron chi connectivity index (χ0n) is 7.99. The monoisotopic (exact) mass is 189 g/mol. The summed E-state index contributed by atoms with van der Waals surface area (Å²) in [4.78, 5) is 0. The number of hydrogen-bond donors (Lipinski definition) is 0. The zero-order chi connectivity index (χ0) is 9.97. The third kappa shape index (κ3) is 1.34. The largest absolute Gasteiger partial charge is 0.496 e. The third-order valence-electron chi connectivity index (χ3n) is 2.43. The lowest BCUT2D eigenvalue weighted by Gasteiger charge is -2.22. The predicted octanol–water partition coefficient (Wildman–Crippen LogP) is 1.83. The van der Waals surface area contributed by atoms with Crippen LogP contribution in [0, 0.1) is 11.3 Å². The molecule has 1 heterocycles. The highest BCUT2D eigenvalue weighted by Crippen LogP contribution is 2.32. The molecule has 3 heteroatoms. The fraction of sp³-hybridized carbons (Fsp3) is 0.364. The van der Waals surface area contributed by atoms with Crippen molar-refractivity contribution in [2.45, 2.75) is 12.5 Å².